The normalized spacial score (nSPS) is 13.6. The van der Waals surface area contributed by atoms with Crippen molar-refractivity contribution in [2.24, 2.45) is 0 Å². The van der Waals surface area contributed by atoms with Gasteiger partial charge in [0.2, 0.25) is 5.91 Å². The molecule has 0 spiro atoms. The van der Waals surface area contributed by atoms with Gasteiger partial charge in [0.15, 0.2) is 0 Å². The molecule has 3 aromatic rings. The zero-order valence-electron chi connectivity index (χ0n) is 24.9. The molecule has 0 fully saturated rings. The van der Waals surface area contributed by atoms with Gasteiger partial charge in [0.1, 0.15) is 24.3 Å². The van der Waals surface area contributed by atoms with Crippen LogP contribution in [0.15, 0.2) is 78.9 Å². The summed E-state index contributed by atoms with van der Waals surface area (Å²) >= 11 is 0. The van der Waals surface area contributed by atoms with Gasteiger partial charge in [-0.1, -0.05) is 78.9 Å². The zero-order valence-corrected chi connectivity index (χ0v) is 24.9. The van der Waals surface area contributed by atoms with Gasteiger partial charge in [-0.3, -0.25) is 9.59 Å². The summed E-state index contributed by atoms with van der Waals surface area (Å²) in [6.07, 6.45) is -1.18. The van der Waals surface area contributed by atoms with Crippen molar-refractivity contribution in [3.8, 4) is 11.1 Å². The third-order valence-electron chi connectivity index (χ3n) is 6.91. The van der Waals surface area contributed by atoms with Gasteiger partial charge in [-0.05, 0) is 55.5 Å². The Bertz CT molecular complexity index is 1400. The first kappa shape index (κ1) is 31.3. The van der Waals surface area contributed by atoms with Crippen LogP contribution in [0.4, 0.5) is 4.79 Å². The van der Waals surface area contributed by atoms with Crippen molar-refractivity contribution in [2.45, 2.75) is 64.1 Å². The highest BCUT2D eigenvalue weighted by Gasteiger charge is 2.33. The lowest BCUT2D eigenvalue weighted by molar-refractivity contribution is -0.156. The van der Waals surface area contributed by atoms with Crippen molar-refractivity contribution < 1.29 is 33.4 Å². The number of nitrogens with one attached hydrogen (secondary N) is 2. The van der Waals surface area contributed by atoms with Crippen LogP contribution in [0.3, 0.4) is 0 Å². The first-order chi connectivity index (χ1) is 20.6. The lowest BCUT2D eigenvalue weighted by atomic mass is 9.98. The van der Waals surface area contributed by atoms with Gasteiger partial charge in [0, 0.05) is 12.3 Å². The van der Waals surface area contributed by atoms with Crippen molar-refractivity contribution >= 4 is 23.9 Å². The molecule has 0 bridgehead atoms. The standard InChI is InChI=1S/C34H38N2O7/c1-5-41-32(39)29(19-22-13-7-6-8-14-22)35-31(38)28(20-30(37)43-34(2,3)4)36-33(40)42-21-27-25-17-11-9-15-23(25)24-16-10-12-18-26(24)27/h6-18,27-29H,5,19-21H2,1-4H3,(H,35,38)(H,36,40)/t28-,29-/m0/s1. The number of esters is 2. The van der Waals surface area contributed by atoms with E-state index in [1.54, 1.807) is 27.7 Å². The number of ether oxygens (including phenoxy) is 3. The summed E-state index contributed by atoms with van der Waals surface area (Å²) in [5, 5.41) is 5.17. The van der Waals surface area contributed by atoms with Gasteiger partial charge in [-0.15, -0.1) is 0 Å². The van der Waals surface area contributed by atoms with E-state index in [0.29, 0.717) is 0 Å². The Morgan fingerprint density at radius 1 is 0.767 bits per heavy atom. The highest BCUT2D eigenvalue weighted by molar-refractivity contribution is 5.92. The van der Waals surface area contributed by atoms with Crippen LogP contribution in [-0.4, -0.2) is 54.8 Å². The van der Waals surface area contributed by atoms with E-state index in [1.165, 1.54) is 0 Å². The van der Waals surface area contributed by atoms with Gasteiger partial charge < -0.3 is 24.8 Å². The van der Waals surface area contributed by atoms with Crippen molar-refractivity contribution in [3.63, 3.8) is 0 Å². The molecule has 9 nitrogen and oxygen atoms in total. The minimum absolute atomic E-state index is 0.0279. The van der Waals surface area contributed by atoms with Gasteiger partial charge in [0.25, 0.3) is 0 Å². The highest BCUT2D eigenvalue weighted by Crippen LogP contribution is 2.44. The molecule has 2 atom stereocenters. The maximum atomic E-state index is 13.5. The van der Waals surface area contributed by atoms with Crippen LogP contribution >= 0.6 is 0 Å². The Morgan fingerprint density at radius 3 is 1.93 bits per heavy atom. The molecule has 2 N–H and O–H groups in total. The number of hydrogen-bond donors (Lipinski definition) is 2. The number of rotatable bonds is 11. The number of carbonyl (C=O) groups is 4. The largest absolute Gasteiger partial charge is 0.464 e. The fraction of sp³-hybridized carbons (Fsp3) is 0.353. The van der Waals surface area contributed by atoms with E-state index >= 15 is 0 Å². The average Bonchev–Trinajstić information content (AvgIpc) is 3.28. The maximum absolute atomic E-state index is 13.5. The molecule has 2 amide bonds. The summed E-state index contributed by atoms with van der Waals surface area (Å²) in [6.45, 7) is 6.93. The van der Waals surface area contributed by atoms with Crippen molar-refractivity contribution in [3.05, 3.63) is 95.6 Å². The molecular formula is C34H38N2O7. The van der Waals surface area contributed by atoms with E-state index in [4.69, 9.17) is 14.2 Å². The predicted octanol–water partition coefficient (Wildman–Crippen LogP) is 4.92. The molecule has 0 aromatic heterocycles. The molecule has 0 saturated carbocycles. The van der Waals surface area contributed by atoms with Crippen LogP contribution in [0.5, 0.6) is 0 Å². The quantitative estimate of drug-likeness (QED) is 0.242. The van der Waals surface area contributed by atoms with E-state index in [0.717, 1.165) is 27.8 Å². The second kappa shape index (κ2) is 14.0. The lowest BCUT2D eigenvalue weighted by Gasteiger charge is -2.24. The summed E-state index contributed by atoms with van der Waals surface area (Å²) in [5.74, 6) is -2.25. The summed E-state index contributed by atoms with van der Waals surface area (Å²) in [4.78, 5) is 52.0. The van der Waals surface area contributed by atoms with Crippen molar-refractivity contribution in [1.82, 2.24) is 10.6 Å². The Hall–Kier alpha value is -4.66. The molecule has 3 aromatic carbocycles. The van der Waals surface area contributed by atoms with E-state index in [2.05, 4.69) is 10.6 Å². The van der Waals surface area contributed by atoms with Crippen LogP contribution in [-0.2, 0) is 35.0 Å². The Labute approximate surface area is 251 Å². The summed E-state index contributed by atoms with van der Waals surface area (Å²) in [6, 6.07) is 22.6. The topological polar surface area (TPSA) is 120 Å². The Balaban J connectivity index is 1.48. The number of benzene rings is 3. The first-order valence-electron chi connectivity index (χ1n) is 14.4. The smallest absolute Gasteiger partial charge is 0.407 e. The molecular weight excluding hydrogens is 548 g/mol. The van der Waals surface area contributed by atoms with Gasteiger partial charge in [-0.25, -0.2) is 9.59 Å². The van der Waals surface area contributed by atoms with Crippen LogP contribution in [0.2, 0.25) is 0 Å². The highest BCUT2D eigenvalue weighted by atomic mass is 16.6. The fourth-order valence-corrected chi connectivity index (χ4v) is 5.10. The molecule has 9 heteroatoms. The number of fused-ring (bicyclic) bond motifs is 3. The van der Waals surface area contributed by atoms with E-state index in [9.17, 15) is 19.2 Å². The molecule has 4 rings (SSSR count). The number of hydrogen-bond acceptors (Lipinski definition) is 7. The Morgan fingerprint density at radius 2 is 1.35 bits per heavy atom. The monoisotopic (exact) mass is 586 g/mol. The lowest BCUT2D eigenvalue weighted by Crippen LogP contribution is -2.53. The van der Waals surface area contributed by atoms with Crippen molar-refractivity contribution in [1.29, 1.82) is 0 Å². The molecule has 0 radical (unpaired) electrons. The van der Waals surface area contributed by atoms with E-state index in [1.807, 2.05) is 78.9 Å². The van der Waals surface area contributed by atoms with E-state index in [-0.39, 0.29) is 25.6 Å². The van der Waals surface area contributed by atoms with Crippen LogP contribution in [0, 0.1) is 0 Å². The minimum Gasteiger partial charge on any atom is -0.464 e. The fourth-order valence-electron chi connectivity index (χ4n) is 5.10. The molecule has 1 aliphatic carbocycles. The average molecular weight is 587 g/mol. The second-order valence-corrected chi connectivity index (χ2v) is 11.3. The molecule has 0 aliphatic heterocycles. The molecule has 226 valence electrons. The second-order valence-electron chi connectivity index (χ2n) is 11.3. The van der Waals surface area contributed by atoms with Gasteiger partial charge in [0.05, 0.1) is 13.0 Å². The number of alkyl carbamates (subject to hydrolysis) is 1. The summed E-state index contributed by atoms with van der Waals surface area (Å²) in [5.41, 5.74) is 4.24. The van der Waals surface area contributed by atoms with Crippen molar-refractivity contribution in [2.75, 3.05) is 13.2 Å². The van der Waals surface area contributed by atoms with Gasteiger partial charge >= 0.3 is 18.0 Å². The molecule has 0 saturated heterocycles. The third kappa shape index (κ3) is 8.44. The molecule has 0 unspecified atom stereocenters. The number of amides is 2. The number of carbonyl (C=O) groups excluding carboxylic acids is 4. The SMILES string of the molecule is CCOC(=O)[C@H](Cc1ccccc1)NC(=O)[C@H](CC(=O)OC(C)(C)C)NC(=O)OCC1c2ccccc2-c2ccccc21. The van der Waals surface area contributed by atoms with Crippen LogP contribution < -0.4 is 10.6 Å². The Kier molecular flexibility index (Phi) is 10.2. The predicted molar refractivity (Wildman–Crippen MR) is 161 cm³/mol. The third-order valence-corrected chi connectivity index (χ3v) is 6.91. The van der Waals surface area contributed by atoms with Crippen LogP contribution in [0.1, 0.15) is 56.7 Å². The maximum Gasteiger partial charge on any atom is 0.407 e. The molecule has 0 heterocycles. The summed E-state index contributed by atoms with van der Waals surface area (Å²) in [7, 11) is 0. The summed E-state index contributed by atoms with van der Waals surface area (Å²) < 4.78 is 16.2. The first-order valence-corrected chi connectivity index (χ1v) is 14.4. The molecule has 1 aliphatic rings. The zero-order chi connectivity index (χ0) is 31.0. The molecule has 43 heavy (non-hydrogen) atoms. The van der Waals surface area contributed by atoms with Gasteiger partial charge in [-0.2, -0.15) is 0 Å². The minimum atomic E-state index is -1.36. The van der Waals surface area contributed by atoms with Crippen LogP contribution in [0.25, 0.3) is 11.1 Å². The van der Waals surface area contributed by atoms with E-state index < -0.39 is 48.0 Å².